The van der Waals surface area contributed by atoms with Gasteiger partial charge in [-0.05, 0) is 55.4 Å². The summed E-state index contributed by atoms with van der Waals surface area (Å²) in [6, 6.07) is 4.55. The molecule has 1 unspecified atom stereocenters. The fraction of sp³-hybridized carbons (Fsp3) is 0.611. The zero-order valence-corrected chi connectivity index (χ0v) is 13.6. The first kappa shape index (κ1) is 16.2. The van der Waals surface area contributed by atoms with E-state index in [1.807, 2.05) is 0 Å². The minimum Gasteiger partial charge on any atom is -0.388 e. The number of carbonyl (C=O) groups excluding carboxylic acids is 1. The van der Waals surface area contributed by atoms with Gasteiger partial charge in [-0.2, -0.15) is 0 Å². The number of aryl methyl sites for hydroxylation is 1. The second-order valence-corrected chi connectivity index (χ2v) is 7.02. The van der Waals surface area contributed by atoms with Crippen LogP contribution in [0.3, 0.4) is 0 Å². The number of benzene rings is 1. The lowest BCUT2D eigenvalue weighted by atomic mass is 9.87. The predicted molar refractivity (Wildman–Crippen MR) is 86.7 cm³/mol. The van der Waals surface area contributed by atoms with E-state index in [2.05, 4.69) is 5.32 Å². The summed E-state index contributed by atoms with van der Waals surface area (Å²) >= 11 is 0. The quantitative estimate of drug-likeness (QED) is 0.899. The Balaban J connectivity index is 1.64. The zero-order valence-electron chi connectivity index (χ0n) is 13.6. The molecule has 1 saturated carbocycles. The van der Waals surface area contributed by atoms with Gasteiger partial charge in [0.15, 0.2) is 0 Å². The average molecular weight is 320 g/mol. The van der Waals surface area contributed by atoms with Crippen molar-refractivity contribution in [3.05, 3.63) is 35.1 Å². The van der Waals surface area contributed by atoms with Crippen molar-refractivity contribution in [3.8, 4) is 0 Å². The molecule has 2 N–H and O–H groups in total. The van der Waals surface area contributed by atoms with Gasteiger partial charge < -0.3 is 15.3 Å². The van der Waals surface area contributed by atoms with Crippen molar-refractivity contribution < 1.29 is 14.3 Å². The number of nitrogens with zero attached hydrogens (tertiary/aromatic N) is 1. The Morgan fingerprint density at radius 2 is 2.13 bits per heavy atom. The number of rotatable bonds is 3. The number of carbonyl (C=O) groups is 1. The molecule has 0 radical (unpaired) electrons. The van der Waals surface area contributed by atoms with E-state index in [0.29, 0.717) is 6.54 Å². The Bertz CT molecular complexity index is 584. The van der Waals surface area contributed by atoms with E-state index in [9.17, 15) is 14.3 Å². The van der Waals surface area contributed by atoms with Crippen molar-refractivity contribution in [1.29, 1.82) is 0 Å². The van der Waals surface area contributed by atoms with Crippen LogP contribution in [0.1, 0.15) is 55.7 Å². The molecule has 4 nitrogen and oxygen atoms in total. The molecule has 0 spiro atoms. The minimum atomic E-state index is -0.736. The van der Waals surface area contributed by atoms with E-state index in [-0.39, 0.29) is 17.9 Å². The molecule has 0 aromatic heterocycles. The van der Waals surface area contributed by atoms with E-state index >= 15 is 0 Å². The first-order chi connectivity index (χ1) is 11.0. The molecule has 0 aliphatic heterocycles. The largest absolute Gasteiger partial charge is 0.388 e. The summed E-state index contributed by atoms with van der Waals surface area (Å²) in [5, 5.41) is 13.5. The van der Waals surface area contributed by atoms with E-state index < -0.39 is 5.60 Å². The molecule has 0 bridgehead atoms. The number of aliphatic hydroxyl groups is 1. The van der Waals surface area contributed by atoms with E-state index in [1.165, 1.54) is 6.07 Å². The maximum Gasteiger partial charge on any atom is 0.317 e. The highest BCUT2D eigenvalue weighted by atomic mass is 19.1. The number of halogens is 1. The first-order valence-corrected chi connectivity index (χ1v) is 8.49. The summed E-state index contributed by atoms with van der Waals surface area (Å²) in [6.07, 6.45) is 6.22. The summed E-state index contributed by atoms with van der Waals surface area (Å²) in [7, 11) is 1.72. The van der Waals surface area contributed by atoms with Gasteiger partial charge in [0.05, 0.1) is 18.2 Å². The molecule has 1 atom stereocenters. The molecule has 5 heteroatoms. The fourth-order valence-electron chi connectivity index (χ4n) is 3.90. The lowest BCUT2D eigenvalue weighted by molar-refractivity contribution is 0.0244. The van der Waals surface area contributed by atoms with Crippen LogP contribution in [-0.4, -0.2) is 35.2 Å². The van der Waals surface area contributed by atoms with Crippen LogP contribution in [0.4, 0.5) is 9.18 Å². The van der Waals surface area contributed by atoms with E-state index in [0.717, 1.165) is 56.1 Å². The zero-order chi connectivity index (χ0) is 16.4. The molecule has 3 rings (SSSR count). The van der Waals surface area contributed by atoms with E-state index in [4.69, 9.17) is 0 Å². The predicted octanol–water partition coefficient (Wildman–Crippen LogP) is 3.15. The molecule has 0 saturated heterocycles. The van der Waals surface area contributed by atoms with Gasteiger partial charge in [0, 0.05) is 7.05 Å². The molecule has 1 aromatic carbocycles. The van der Waals surface area contributed by atoms with Crippen LogP contribution in [0, 0.1) is 5.82 Å². The Kier molecular flexibility index (Phi) is 4.57. The van der Waals surface area contributed by atoms with Crippen LogP contribution in [0.15, 0.2) is 18.2 Å². The SMILES string of the molecule is CN(CC1(O)CCCC1)C(=O)NC1CCCc2cc(F)ccc21. The third-order valence-electron chi connectivity index (χ3n) is 5.13. The van der Waals surface area contributed by atoms with Gasteiger partial charge in [-0.1, -0.05) is 18.9 Å². The van der Waals surface area contributed by atoms with Crippen LogP contribution in [0.5, 0.6) is 0 Å². The highest BCUT2D eigenvalue weighted by Crippen LogP contribution is 2.32. The average Bonchev–Trinajstić information content (AvgIpc) is 2.93. The van der Waals surface area contributed by atoms with Gasteiger partial charge in [0.2, 0.25) is 0 Å². The third-order valence-corrected chi connectivity index (χ3v) is 5.13. The number of hydrogen-bond donors (Lipinski definition) is 2. The van der Waals surface area contributed by atoms with Gasteiger partial charge in [-0.3, -0.25) is 0 Å². The van der Waals surface area contributed by atoms with Crippen LogP contribution in [0.25, 0.3) is 0 Å². The second-order valence-electron chi connectivity index (χ2n) is 7.02. The number of likely N-dealkylation sites (N-methyl/N-ethyl adjacent to an activating group) is 1. The second kappa shape index (κ2) is 6.48. The molecule has 2 aliphatic rings. The molecule has 0 heterocycles. The highest BCUT2D eigenvalue weighted by Gasteiger charge is 2.34. The van der Waals surface area contributed by atoms with Crippen molar-refractivity contribution in [2.45, 2.75) is 56.6 Å². The number of fused-ring (bicyclic) bond motifs is 1. The number of urea groups is 1. The lowest BCUT2D eigenvalue weighted by Gasteiger charge is -2.32. The van der Waals surface area contributed by atoms with Crippen molar-refractivity contribution >= 4 is 6.03 Å². The van der Waals surface area contributed by atoms with E-state index in [1.54, 1.807) is 24.1 Å². The molecule has 126 valence electrons. The first-order valence-electron chi connectivity index (χ1n) is 8.49. The summed E-state index contributed by atoms with van der Waals surface area (Å²) in [4.78, 5) is 14.0. The van der Waals surface area contributed by atoms with Crippen molar-refractivity contribution in [1.82, 2.24) is 10.2 Å². The highest BCUT2D eigenvalue weighted by molar-refractivity contribution is 5.74. The van der Waals surface area contributed by atoms with Crippen LogP contribution in [-0.2, 0) is 6.42 Å². The summed E-state index contributed by atoms with van der Waals surface area (Å²) in [6.45, 7) is 0.363. The third kappa shape index (κ3) is 3.66. The summed E-state index contributed by atoms with van der Waals surface area (Å²) in [5.74, 6) is -0.226. The Morgan fingerprint density at radius 3 is 2.87 bits per heavy atom. The normalized spacial score (nSPS) is 22.5. The molecule has 2 amide bonds. The Hall–Kier alpha value is -1.62. The maximum absolute atomic E-state index is 13.4. The lowest BCUT2D eigenvalue weighted by Crippen LogP contribution is -2.47. The van der Waals surface area contributed by atoms with Crippen molar-refractivity contribution in [3.63, 3.8) is 0 Å². The van der Waals surface area contributed by atoms with Gasteiger partial charge in [0.25, 0.3) is 0 Å². The van der Waals surface area contributed by atoms with Crippen molar-refractivity contribution in [2.75, 3.05) is 13.6 Å². The molecule has 2 aliphatic carbocycles. The summed E-state index contributed by atoms with van der Waals surface area (Å²) in [5.41, 5.74) is 1.26. The molecule has 1 aromatic rings. The Labute approximate surface area is 136 Å². The monoisotopic (exact) mass is 320 g/mol. The van der Waals surface area contributed by atoms with Gasteiger partial charge >= 0.3 is 6.03 Å². The maximum atomic E-state index is 13.4. The van der Waals surface area contributed by atoms with Gasteiger partial charge in [-0.25, -0.2) is 9.18 Å². The molecular weight excluding hydrogens is 295 g/mol. The fourth-order valence-corrected chi connectivity index (χ4v) is 3.90. The smallest absolute Gasteiger partial charge is 0.317 e. The summed E-state index contributed by atoms with van der Waals surface area (Å²) < 4.78 is 13.4. The number of hydrogen-bond acceptors (Lipinski definition) is 2. The Morgan fingerprint density at radius 1 is 1.39 bits per heavy atom. The van der Waals surface area contributed by atoms with Gasteiger partial charge in [-0.15, -0.1) is 0 Å². The van der Waals surface area contributed by atoms with Crippen LogP contribution < -0.4 is 5.32 Å². The van der Waals surface area contributed by atoms with Gasteiger partial charge in [0.1, 0.15) is 5.82 Å². The topological polar surface area (TPSA) is 52.6 Å². The van der Waals surface area contributed by atoms with Crippen LogP contribution in [0.2, 0.25) is 0 Å². The molecule has 23 heavy (non-hydrogen) atoms. The number of amides is 2. The van der Waals surface area contributed by atoms with Crippen LogP contribution >= 0.6 is 0 Å². The standard InChI is InChI=1S/C18H25FN2O2/c1-21(12-18(23)9-2-3-10-18)17(22)20-16-6-4-5-13-11-14(19)7-8-15(13)16/h7-8,11,16,23H,2-6,9-10,12H2,1H3,(H,20,22). The molecule has 1 fully saturated rings. The van der Waals surface area contributed by atoms with Crippen molar-refractivity contribution in [2.24, 2.45) is 0 Å². The molecular formula is C18H25FN2O2. The number of nitrogens with one attached hydrogen (secondary N) is 1. The minimum absolute atomic E-state index is 0.0764.